The molecule has 1 aromatic rings. The van der Waals surface area contributed by atoms with Crippen LogP contribution in [-0.2, 0) is 9.59 Å². The van der Waals surface area contributed by atoms with Crippen LogP contribution in [0.2, 0.25) is 0 Å². The molecule has 0 aromatic heterocycles. The summed E-state index contributed by atoms with van der Waals surface area (Å²) in [5.41, 5.74) is -0.888. The minimum absolute atomic E-state index is 0.0117. The van der Waals surface area contributed by atoms with E-state index in [-0.39, 0.29) is 22.6 Å². The minimum Gasteiger partial charge on any atom is -0.343 e. The number of nitrogens with zero attached hydrogens (tertiary/aromatic N) is 1. The molecular weight excluding hydrogens is 441 g/mol. The van der Waals surface area contributed by atoms with Crippen molar-refractivity contribution in [3.63, 3.8) is 0 Å². The van der Waals surface area contributed by atoms with Crippen LogP contribution in [0.4, 0.5) is 23.7 Å². The molecule has 8 nitrogen and oxygen atoms in total. The number of carbonyl (C=O) groups excluding carboxylic acids is 4. The van der Waals surface area contributed by atoms with Crippen LogP contribution in [0.1, 0.15) is 50.4 Å². The van der Waals surface area contributed by atoms with Gasteiger partial charge in [0.05, 0.1) is 0 Å². The first-order valence-electron chi connectivity index (χ1n) is 10.6. The monoisotopic (exact) mass is 468 g/mol. The summed E-state index contributed by atoms with van der Waals surface area (Å²) in [5, 5.41) is 7.08. The van der Waals surface area contributed by atoms with E-state index in [2.05, 4.69) is 10.6 Å². The largest absolute Gasteiger partial charge is 0.405 e. The number of alkyl halides is 3. The first-order chi connectivity index (χ1) is 15.2. The van der Waals surface area contributed by atoms with Gasteiger partial charge in [0.1, 0.15) is 18.6 Å². The van der Waals surface area contributed by atoms with E-state index in [4.69, 9.17) is 0 Å². The van der Waals surface area contributed by atoms with Gasteiger partial charge >= 0.3 is 12.2 Å². The fourth-order valence-electron chi connectivity index (χ4n) is 4.98. The van der Waals surface area contributed by atoms with Gasteiger partial charge in [-0.05, 0) is 54.9 Å². The Morgan fingerprint density at radius 3 is 2.36 bits per heavy atom. The van der Waals surface area contributed by atoms with Crippen molar-refractivity contribution in [1.82, 2.24) is 15.5 Å². The number of rotatable bonds is 5. The molecule has 0 radical (unpaired) electrons. The van der Waals surface area contributed by atoms with Crippen molar-refractivity contribution in [2.24, 2.45) is 11.3 Å². The Morgan fingerprint density at radius 2 is 1.79 bits per heavy atom. The maximum atomic E-state index is 13.1. The molecule has 1 aliphatic carbocycles. The van der Waals surface area contributed by atoms with Crippen molar-refractivity contribution in [1.29, 1.82) is 0 Å². The third-order valence-corrected chi connectivity index (χ3v) is 5.81. The highest BCUT2D eigenvalue weighted by Gasteiger charge is 2.56. The molecule has 1 aromatic carbocycles. The van der Waals surface area contributed by atoms with Crippen LogP contribution in [0.3, 0.4) is 0 Å². The fourth-order valence-corrected chi connectivity index (χ4v) is 4.98. The molecule has 1 saturated heterocycles. The summed E-state index contributed by atoms with van der Waals surface area (Å²) in [6, 6.07) is 4.60. The molecule has 1 saturated carbocycles. The lowest BCUT2D eigenvalue weighted by molar-refractivity contribution is -0.136. The molecule has 2 atom stereocenters. The lowest BCUT2D eigenvalue weighted by Gasteiger charge is -2.43. The summed E-state index contributed by atoms with van der Waals surface area (Å²) in [7, 11) is 0. The Bertz CT molecular complexity index is 961. The van der Waals surface area contributed by atoms with Gasteiger partial charge in [-0.1, -0.05) is 20.8 Å². The summed E-state index contributed by atoms with van der Waals surface area (Å²) < 4.78 is 36.7. The Balaban J connectivity index is 1.60. The van der Waals surface area contributed by atoms with Crippen LogP contribution in [0, 0.1) is 11.3 Å². The van der Waals surface area contributed by atoms with E-state index in [9.17, 15) is 32.3 Å². The second kappa shape index (κ2) is 8.68. The molecule has 180 valence electrons. The zero-order valence-electron chi connectivity index (χ0n) is 18.6. The Hall–Kier alpha value is -3.11. The Labute approximate surface area is 189 Å². The van der Waals surface area contributed by atoms with Crippen molar-refractivity contribution in [2.45, 2.75) is 51.7 Å². The summed E-state index contributed by atoms with van der Waals surface area (Å²) >= 11 is 0. The predicted molar refractivity (Wildman–Crippen MR) is 113 cm³/mol. The molecule has 3 rings (SSSR count). The lowest BCUT2D eigenvalue weighted by Crippen LogP contribution is -2.54. The number of hydrogen-bond acceptors (Lipinski definition) is 4. The third-order valence-electron chi connectivity index (χ3n) is 5.81. The number of anilines is 1. The van der Waals surface area contributed by atoms with Crippen LogP contribution in [0.5, 0.6) is 0 Å². The molecule has 2 aliphatic rings. The number of urea groups is 1. The normalized spacial score (nSPS) is 24.5. The number of imide groups is 1. The van der Waals surface area contributed by atoms with Gasteiger partial charge in [-0.2, -0.15) is 13.2 Å². The van der Waals surface area contributed by atoms with Gasteiger partial charge in [0.15, 0.2) is 0 Å². The van der Waals surface area contributed by atoms with E-state index in [0.717, 1.165) is 11.3 Å². The summed E-state index contributed by atoms with van der Waals surface area (Å²) in [4.78, 5) is 50.7. The van der Waals surface area contributed by atoms with Crippen LogP contribution in [0.15, 0.2) is 24.3 Å². The standard InChI is InChI=1S/C22H27F3N4O4/c1-13-8-20(2,3)11-21(9-13)18(32)29(19(33)28-21)10-16(30)27-15-6-4-14(5-7-15)17(31)26-12-22(23,24)25/h4-7,13H,8-12H2,1-3H3,(H,26,31)(H,27,30)(H,28,33). The molecule has 1 heterocycles. The van der Waals surface area contributed by atoms with E-state index in [1.165, 1.54) is 24.3 Å². The van der Waals surface area contributed by atoms with Crippen molar-refractivity contribution in [3.8, 4) is 0 Å². The third kappa shape index (κ3) is 5.82. The summed E-state index contributed by atoms with van der Waals surface area (Å²) in [5.74, 6) is -1.70. The highest BCUT2D eigenvalue weighted by atomic mass is 19.4. The predicted octanol–water partition coefficient (Wildman–Crippen LogP) is 3.05. The van der Waals surface area contributed by atoms with Crippen LogP contribution >= 0.6 is 0 Å². The van der Waals surface area contributed by atoms with E-state index in [0.29, 0.717) is 12.8 Å². The average molecular weight is 468 g/mol. The van der Waals surface area contributed by atoms with Crippen LogP contribution in [-0.4, -0.2) is 53.5 Å². The van der Waals surface area contributed by atoms with E-state index < -0.39 is 48.6 Å². The molecule has 1 aliphatic heterocycles. The highest BCUT2D eigenvalue weighted by Crippen LogP contribution is 2.46. The smallest absolute Gasteiger partial charge is 0.343 e. The summed E-state index contributed by atoms with van der Waals surface area (Å²) in [6.45, 7) is 4.20. The number of amides is 5. The minimum atomic E-state index is -4.52. The number of carbonyl (C=O) groups is 4. The number of nitrogens with one attached hydrogen (secondary N) is 3. The topological polar surface area (TPSA) is 108 Å². The van der Waals surface area contributed by atoms with Crippen molar-refractivity contribution < 1.29 is 32.3 Å². The fraction of sp³-hybridized carbons (Fsp3) is 0.545. The second-order valence-corrected chi connectivity index (χ2v) is 9.68. The van der Waals surface area contributed by atoms with E-state index in [1.54, 1.807) is 5.32 Å². The van der Waals surface area contributed by atoms with E-state index in [1.807, 2.05) is 20.8 Å². The SMILES string of the molecule is CC1CC(C)(C)CC2(C1)NC(=O)N(CC(=O)Nc1ccc(C(=O)NCC(F)(F)F)cc1)C2=O. The molecule has 1 spiro atoms. The zero-order valence-corrected chi connectivity index (χ0v) is 18.6. The molecule has 33 heavy (non-hydrogen) atoms. The quantitative estimate of drug-likeness (QED) is 0.578. The molecule has 2 fully saturated rings. The molecule has 0 bridgehead atoms. The van der Waals surface area contributed by atoms with Gasteiger partial charge in [-0.3, -0.25) is 19.3 Å². The molecule has 3 N–H and O–H groups in total. The Kier molecular flexibility index (Phi) is 6.45. The maximum absolute atomic E-state index is 13.1. The molecule has 11 heteroatoms. The first kappa shape index (κ1) is 24.5. The second-order valence-electron chi connectivity index (χ2n) is 9.68. The van der Waals surface area contributed by atoms with Gasteiger partial charge in [-0.25, -0.2) is 4.79 Å². The van der Waals surface area contributed by atoms with Crippen molar-refractivity contribution >= 4 is 29.4 Å². The van der Waals surface area contributed by atoms with Gasteiger partial charge in [0.2, 0.25) is 5.91 Å². The van der Waals surface area contributed by atoms with E-state index >= 15 is 0 Å². The zero-order chi connectivity index (χ0) is 24.6. The van der Waals surface area contributed by atoms with Gasteiger partial charge in [0.25, 0.3) is 11.8 Å². The number of halogens is 3. The molecule has 5 amide bonds. The van der Waals surface area contributed by atoms with Crippen LogP contribution < -0.4 is 16.0 Å². The highest BCUT2D eigenvalue weighted by molar-refractivity contribution is 6.10. The van der Waals surface area contributed by atoms with Crippen molar-refractivity contribution in [2.75, 3.05) is 18.4 Å². The number of benzene rings is 1. The van der Waals surface area contributed by atoms with Crippen LogP contribution in [0.25, 0.3) is 0 Å². The van der Waals surface area contributed by atoms with Gasteiger partial charge in [-0.15, -0.1) is 0 Å². The average Bonchev–Trinajstić information content (AvgIpc) is 2.87. The van der Waals surface area contributed by atoms with Crippen molar-refractivity contribution in [3.05, 3.63) is 29.8 Å². The number of hydrogen-bond donors (Lipinski definition) is 3. The summed E-state index contributed by atoms with van der Waals surface area (Å²) in [6.07, 6.45) is -2.59. The molecule has 2 unspecified atom stereocenters. The molecular formula is C22H27F3N4O4. The first-order valence-corrected chi connectivity index (χ1v) is 10.6. The van der Waals surface area contributed by atoms with Gasteiger partial charge < -0.3 is 16.0 Å². The Morgan fingerprint density at radius 1 is 1.15 bits per heavy atom. The maximum Gasteiger partial charge on any atom is 0.405 e. The lowest BCUT2D eigenvalue weighted by atomic mass is 9.64. The van der Waals surface area contributed by atoms with Gasteiger partial charge in [0, 0.05) is 11.3 Å².